The number of aliphatic hydroxyl groups excluding tert-OH is 1. The summed E-state index contributed by atoms with van der Waals surface area (Å²) in [5.41, 5.74) is 1.51. The first kappa shape index (κ1) is 26.7. The number of carbonyl (C=O) groups is 1. The number of likely N-dealkylation sites (N-methyl/N-ethyl adjacent to an activating group) is 1. The van der Waals surface area contributed by atoms with Gasteiger partial charge in [0.05, 0.1) is 6.33 Å². The molecule has 0 aliphatic rings. The molecule has 29 heavy (non-hydrogen) atoms. The Morgan fingerprint density at radius 3 is 2.45 bits per heavy atom. The van der Waals surface area contributed by atoms with Gasteiger partial charge in [0, 0.05) is 33.7 Å². The number of ether oxygens (including phenoxy) is 1. The third-order valence-corrected chi connectivity index (χ3v) is 3.57. The lowest BCUT2D eigenvalue weighted by molar-refractivity contribution is -0.131. The predicted octanol–water partition coefficient (Wildman–Crippen LogP) is 1.45. The highest BCUT2D eigenvalue weighted by atomic mass is 16.5. The van der Waals surface area contributed by atoms with Crippen molar-refractivity contribution in [2.45, 2.75) is 66.4 Å². The number of nitrogens with one attached hydrogen (secondary N) is 2. The molecule has 2 aromatic heterocycles. The third kappa shape index (κ3) is 9.16. The van der Waals surface area contributed by atoms with Crippen LogP contribution in [0.5, 0.6) is 0 Å². The van der Waals surface area contributed by atoms with Crippen molar-refractivity contribution >= 4 is 22.9 Å². The van der Waals surface area contributed by atoms with Crippen molar-refractivity contribution in [3.05, 3.63) is 12.2 Å². The Balaban J connectivity index is 0.00000116. The van der Waals surface area contributed by atoms with Crippen molar-refractivity contribution in [2.24, 2.45) is 0 Å². The number of methoxy groups -OCH3 is 1. The van der Waals surface area contributed by atoms with Gasteiger partial charge in [-0.1, -0.05) is 20.8 Å². The Morgan fingerprint density at radius 1 is 1.31 bits per heavy atom. The molecule has 0 radical (unpaired) electrons. The van der Waals surface area contributed by atoms with E-state index in [0.29, 0.717) is 18.8 Å². The van der Waals surface area contributed by atoms with Gasteiger partial charge in [0.2, 0.25) is 5.91 Å². The summed E-state index contributed by atoms with van der Waals surface area (Å²) in [6.45, 7) is 10.7. The number of aryl methyl sites for hydroxylation is 2. The van der Waals surface area contributed by atoms with Crippen molar-refractivity contribution in [1.29, 1.82) is 0 Å². The molecule has 10 heteroatoms. The number of anilines is 1. The van der Waals surface area contributed by atoms with Gasteiger partial charge < -0.3 is 30.2 Å². The van der Waals surface area contributed by atoms with Crippen LogP contribution < -0.4 is 10.6 Å². The molecule has 166 valence electrons. The van der Waals surface area contributed by atoms with Crippen molar-refractivity contribution in [2.75, 3.05) is 26.0 Å². The van der Waals surface area contributed by atoms with E-state index in [2.05, 4.69) is 32.5 Å². The highest BCUT2D eigenvalue weighted by molar-refractivity contribution is 5.83. The molecule has 0 aromatic carbocycles. The molecule has 4 N–H and O–H groups in total. The Labute approximate surface area is 172 Å². The molecule has 10 nitrogen and oxygen atoms in total. The van der Waals surface area contributed by atoms with Crippen molar-refractivity contribution in [1.82, 2.24) is 24.8 Å². The van der Waals surface area contributed by atoms with Crippen LogP contribution in [0, 0.1) is 6.92 Å². The van der Waals surface area contributed by atoms with Gasteiger partial charge in [-0.2, -0.15) is 0 Å². The molecule has 1 amide bonds. The van der Waals surface area contributed by atoms with Gasteiger partial charge in [-0.05, 0) is 20.3 Å². The quantitative estimate of drug-likeness (QED) is 0.479. The second kappa shape index (κ2) is 14.7. The summed E-state index contributed by atoms with van der Waals surface area (Å²) in [5.74, 6) is 1.31. The SMILES string of the molecule is CC.CC(O)O.CCCNc1nc(C)nc2c1ncn2CCC(OC)C(=O)NC. The fraction of sp³-hybridized carbons (Fsp3) is 0.684. The molecule has 1 atom stereocenters. The monoisotopic (exact) mass is 412 g/mol. The van der Waals surface area contributed by atoms with Crippen LogP contribution in [-0.4, -0.2) is 68.7 Å². The summed E-state index contributed by atoms with van der Waals surface area (Å²) >= 11 is 0. The van der Waals surface area contributed by atoms with Gasteiger partial charge in [0.25, 0.3) is 0 Å². The third-order valence-electron chi connectivity index (χ3n) is 3.57. The number of imidazole rings is 1. The molecular formula is C19H36N6O4. The van der Waals surface area contributed by atoms with Gasteiger partial charge in [-0.15, -0.1) is 0 Å². The van der Waals surface area contributed by atoms with E-state index in [1.807, 2.05) is 25.3 Å². The first-order valence-electron chi connectivity index (χ1n) is 9.87. The maximum atomic E-state index is 11.7. The lowest BCUT2D eigenvalue weighted by atomic mass is 10.2. The summed E-state index contributed by atoms with van der Waals surface area (Å²) in [6, 6.07) is 0. The average molecular weight is 413 g/mol. The van der Waals surface area contributed by atoms with Crippen molar-refractivity contribution in [3.63, 3.8) is 0 Å². The standard InChI is InChI=1S/C15H24N6O2.C2H6O2.C2H6/c1-5-7-17-13-12-14(20-10(2)19-13)21(9-18-12)8-6-11(23-4)15(22)16-3;1-2(3)4;1-2/h9,11H,5-8H2,1-4H3,(H,16,22)(H,17,19,20);2-4H,1H3;1-2H3. The van der Waals surface area contributed by atoms with E-state index >= 15 is 0 Å². The zero-order valence-electron chi connectivity index (χ0n) is 18.6. The smallest absolute Gasteiger partial charge is 0.248 e. The molecule has 0 saturated carbocycles. The summed E-state index contributed by atoms with van der Waals surface area (Å²) in [7, 11) is 3.13. The number of rotatable bonds is 8. The first-order valence-corrected chi connectivity index (χ1v) is 9.87. The molecule has 0 spiro atoms. The number of amides is 1. The van der Waals surface area contributed by atoms with E-state index in [9.17, 15) is 4.79 Å². The van der Waals surface area contributed by atoms with Gasteiger partial charge in [-0.25, -0.2) is 15.0 Å². The number of fused-ring (bicyclic) bond motifs is 1. The highest BCUT2D eigenvalue weighted by Gasteiger charge is 2.17. The molecule has 0 aliphatic carbocycles. The summed E-state index contributed by atoms with van der Waals surface area (Å²) in [5, 5.41) is 21.1. The Hall–Kier alpha value is -2.30. The minimum absolute atomic E-state index is 0.131. The van der Waals surface area contributed by atoms with Crippen LogP contribution in [0.3, 0.4) is 0 Å². The normalized spacial score (nSPS) is 11.2. The zero-order chi connectivity index (χ0) is 22.4. The largest absolute Gasteiger partial charge is 0.372 e. The Bertz CT molecular complexity index is 717. The van der Waals surface area contributed by atoms with Gasteiger partial charge in [0.15, 0.2) is 11.5 Å². The second-order valence-electron chi connectivity index (χ2n) is 5.92. The lowest BCUT2D eigenvalue weighted by Crippen LogP contribution is -2.34. The highest BCUT2D eigenvalue weighted by Crippen LogP contribution is 2.19. The van der Waals surface area contributed by atoms with E-state index < -0.39 is 12.4 Å². The molecule has 0 bridgehead atoms. The minimum atomic E-state index is -1.17. The van der Waals surface area contributed by atoms with Crippen LogP contribution in [0.1, 0.15) is 46.4 Å². The van der Waals surface area contributed by atoms with E-state index in [4.69, 9.17) is 14.9 Å². The molecule has 2 rings (SSSR count). The van der Waals surface area contributed by atoms with Gasteiger partial charge >= 0.3 is 0 Å². The van der Waals surface area contributed by atoms with Gasteiger partial charge in [0.1, 0.15) is 23.7 Å². The number of nitrogens with zero attached hydrogens (tertiary/aromatic N) is 4. The lowest BCUT2D eigenvalue weighted by Gasteiger charge is -2.14. The maximum Gasteiger partial charge on any atom is 0.248 e. The zero-order valence-corrected chi connectivity index (χ0v) is 18.6. The van der Waals surface area contributed by atoms with Crippen LogP contribution in [-0.2, 0) is 16.1 Å². The molecule has 0 fully saturated rings. The number of aromatic nitrogens is 4. The number of aliphatic hydroxyl groups is 2. The number of hydrogen-bond donors (Lipinski definition) is 4. The molecule has 2 aromatic rings. The number of carbonyl (C=O) groups excluding carboxylic acids is 1. The fourth-order valence-corrected chi connectivity index (χ4v) is 2.36. The predicted molar refractivity (Wildman–Crippen MR) is 114 cm³/mol. The molecule has 0 aliphatic heterocycles. The summed E-state index contributed by atoms with van der Waals surface area (Å²) in [4.78, 5) is 25.0. The van der Waals surface area contributed by atoms with Crippen LogP contribution in [0.4, 0.5) is 5.82 Å². The summed E-state index contributed by atoms with van der Waals surface area (Å²) in [6.07, 6.45) is 1.62. The van der Waals surface area contributed by atoms with E-state index in [1.165, 1.54) is 14.0 Å². The summed E-state index contributed by atoms with van der Waals surface area (Å²) < 4.78 is 7.15. The Morgan fingerprint density at radius 2 is 1.93 bits per heavy atom. The molecular weight excluding hydrogens is 376 g/mol. The topological polar surface area (TPSA) is 134 Å². The first-order chi connectivity index (χ1) is 13.8. The van der Waals surface area contributed by atoms with E-state index in [1.54, 1.807) is 13.4 Å². The van der Waals surface area contributed by atoms with Crippen LogP contribution >= 0.6 is 0 Å². The number of hydrogen-bond acceptors (Lipinski definition) is 8. The Kier molecular flexibility index (Phi) is 13.5. The van der Waals surface area contributed by atoms with E-state index in [0.717, 1.165) is 29.9 Å². The van der Waals surface area contributed by atoms with E-state index in [-0.39, 0.29) is 5.91 Å². The van der Waals surface area contributed by atoms with Crippen LogP contribution in [0.25, 0.3) is 11.2 Å². The molecule has 1 unspecified atom stereocenters. The molecule has 2 heterocycles. The fourth-order valence-electron chi connectivity index (χ4n) is 2.36. The van der Waals surface area contributed by atoms with Gasteiger partial charge in [-0.3, -0.25) is 4.79 Å². The molecule has 0 saturated heterocycles. The van der Waals surface area contributed by atoms with Crippen molar-refractivity contribution < 1.29 is 19.7 Å². The van der Waals surface area contributed by atoms with Crippen molar-refractivity contribution in [3.8, 4) is 0 Å². The minimum Gasteiger partial charge on any atom is -0.372 e. The van der Waals surface area contributed by atoms with Crippen LogP contribution in [0.2, 0.25) is 0 Å². The van der Waals surface area contributed by atoms with Crippen LogP contribution in [0.15, 0.2) is 6.33 Å². The average Bonchev–Trinajstić information content (AvgIpc) is 3.10. The second-order valence-corrected chi connectivity index (χ2v) is 5.92. The maximum absolute atomic E-state index is 11.7.